The zero-order chi connectivity index (χ0) is 22.7. The second-order valence-corrected chi connectivity index (χ2v) is 8.32. The highest BCUT2D eigenvalue weighted by atomic mass is 19.1. The van der Waals surface area contributed by atoms with Crippen LogP contribution in [0.5, 0.6) is 0 Å². The van der Waals surface area contributed by atoms with E-state index in [4.69, 9.17) is 0 Å². The molecule has 2 aromatic rings. The number of para-hydroxylation sites is 1. The molecule has 7 nitrogen and oxygen atoms in total. The minimum Gasteiger partial charge on any atom is -0.330 e. The zero-order valence-corrected chi connectivity index (χ0v) is 18.1. The Labute approximate surface area is 186 Å². The first kappa shape index (κ1) is 21.8. The maximum absolute atomic E-state index is 13.1. The summed E-state index contributed by atoms with van der Waals surface area (Å²) in [7, 11) is 0. The van der Waals surface area contributed by atoms with Gasteiger partial charge < -0.3 is 20.0 Å². The van der Waals surface area contributed by atoms with Crippen LogP contribution in [0.3, 0.4) is 0 Å². The van der Waals surface area contributed by atoms with Crippen LogP contribution in [0.1, 0.15) is 24.0 Å². The molecule has 8 heteroatoms. The molecule has 32 heavy (non-hydrogen) atoms. The summed E-state index contributed by atoms with van der Waals surface area (Å²) in [5, 5.41) is 2.94. The second kappa shape index (κ2) is 9.38. The first-order valence-corrected chi connectivity index (χ1v) is 10.9. The van der Waals surface area contributed by atoms with Gasteiger partial charge in [-0.3, -0.25) is 9.59 Å². The number of halogens is 1. The van der Waals surface area contributed by atoms with Crippen LogP contribution in [0.2, 0.25) is 0 Å². The molecule has 4 rings (SSSR count). The fraction of sp³-hybridized carbons (Fsp3) is 0.375. The number of nitrogens with zero attached hydrogens (tertiary/aromatic N) is 3. The van der Waals surface area contributed by atoms with Gasteiger partial charge in [-0.2, -0.15) is 0 Å². The molecule has 0 aromatic heterocycles. The van der Waals surface area contributed by atoms with Gasteiger partial charge in [0.15, 0.2) is 0 Å². The molecule has 2 aliphatic heterocycles. The van der Waals surface area contributed by atoms with Gasteiger partial charge >= 0.3 is 17.8 Å². The van der Waals surface area contributed by atoms with Gasteiger partial charge in [-0.15, -0.1) is 0 Å². The summed E-state index contributed by atoms with van der Waals surface area (Å²) in [5.41, 5.74) is 2.57. The van der Waals surface area contributed by atoms with Crippen LogP contribution in [0, 0.1) is 12.7 Å². The summed E-state index contributed by atoms with van der Waals surface area (Å²) in [6.07, 6.45) is 1.27. The van der Waals surface area contributed by atoms with Crippen molar-refractivity contribution in [3.05, 3.63) is 65.5 Å². The SMILES string of the molecule is Cc1ccccc1NC(=O)N1CCC(N2CCN(Cc3ccc(F)cc3)C(=O)C2=O)CC1. The molecule has 2 fully saturated rings. The average molecular weight is 439 g/mol. The number of carbonyl (C=O) groups excluding carboxylic acids is 3. The van der Waals surface area contributed by atoms with Crippen molar-refractivity contribution in [2.45, 2.75) is 32.4 Å². The van der Waals surface area contributed by atoms with Gasteiger partial charge in [0.05, 0.1) is 0 Å². The number of hydrogen-bond donors (Lipinski definition) is 1. The van der Waals surface area contributed by atoms with Crippen LogP contribution in [-0.2, 0) is 16.1 Å². The van der Waals surface area contributed by atoms with Gasteiger partial charge in [-0.25, -0.2) is 9.18 Å². The number of likely N-dealkylation sites (tertiary alicyclic amines) is 1. The van der Waals surface area contributed by atoms with E-state index in [1.807, 2.05) is 31.2 Å². The summed E-state index contributed by atoms with van der Waals surface area (Å²) in [5.74, 6) is -1.36. The van der Waals surface area contributed by atoms with Crippen LogP contribution in [-0.4, -0.2) is 64.8 Å². The third kappa shape index (κ3) is 4.74. The highest BCUT2D eigenvalue weighted by molar-refractivity contribution is 6.35. The molecule has 4 amide bonds. The molecular formula is C24H27FN4O3. The van der Waals surface area contributed by atoms with E-state index in [0.717, 1.165) is 16.8 Å². The van der Waals surface area contributed by atoms with Crippen LogP contribution in [0.4, 0.5) is 14.9 Å². The number of carbonyl (C=O) groups is 3. The topological polar surface area (TPSA) is 73.0 Å². The molecule has 0 spiro atoms. The molecule has 2 heterocycles. The Balaban J connectivity index is 1.30. The van der Waals surface area contributed by atoms with Gasteiger partial charge in [0.25, 0.3) is 0 Å². The van der Waals surface area contributed by atoms with E-state index in [1.165, 1.54) is 17.0 Å². The summed E-state index contributed by atoms with van der Waals surface area (Å²) in [6, 6.07) is 13.4. The Morgan fingerprint density at radius 1 is 0.969 bits per heavy atom. The van der Waals surface area contributed by atoms with Gasteiger partial charge in [-0.1, -0.05) is 30.3 Å². The monoisotopic (exact) mass is 438 g/mol. The molecule has 0 aliphatic carbocycles. The third-order valence-corrected chi connectivity index (χ3v) is 6.21. The van der Waals surface area contributed by atoms with E-state index >= 15 is 0 Å². The molecule has 0 bridgehead atoms. The van der Waals surface area contributed by atoms with Crippen molar-refractivity contribution >= 4 is 23.5 Å². The molecule has 2 saturated heterocycles. The number of benzene rings is 2. The largest absolute Gasteiger partial charge is 0.330 e. The number of aryl methyl sites for hydroxylation is 1. The molecule has 0 radical (unpaired) electrons. The van der Waals surface area contributed by atoms with Gasteiger partial charge in [0, 0.05) is 44.5 Å². The van der Waals surface area contributed by atoms with E-state index < -0.39 is 11.8 Å². The number of nitrogens with one attached hydrogen (secondary N) is 1. The zero-order valence-electron chi connectivity index (χ0n) is 18.1. The molecule has 2 aromatic carbocycles. The van der Waals surface area contributed by atoms with Gasteiger partial charge in [-0.05, 0) is 49.1 Å². The minimum absolute atomic E-state index is 0.0538. The van der Waals surface area contributed by atoms with Crippen LogP contribution >= 0.6 is 0 Å². The number of anilines is 1. The molecule has 0 unspecified atom stereocenters. The Morgan fingerprint density at radius 2 is 1.66 bits per heavy atom. The highest BCUT2D eigenvalue weighted by Gasteiger charge is 2.38. The van der Waals surface area contributed by atoms with Crippen molar-refractivity contribution in [1.29, 1.82) is 0 Å². The predicted octanol–water partition coefficient (Wildman–Crippen LogP) is 3.00. The summed E-state index contributed by atoms with van der Waals surface area (Å²) in [6.45, 7) is 4.19. The van der Waals surface area contributed by atoms with E-state index in [-0.39, 0.29) is 24.4 Å². The van der Waals surface area contributed by atoms with Crippen molar-refractivity contribution in [3.8, 4) is 0 Å². The fourth-order valence-electron chi connectivity index (χ4n) is 4.29. The summed E-state index contributed by atoms with van der Waals surface area (Å²) >= 11 is 0. The summed E-state index contributed by atoms with van der Waals surface area (Å²) < 4.78 is 13.1. The quantitative estimate of drug-likeness (QED) is 0.746. The fourth-order valence-corrected chi connectivity index (χ4v) is 4.29. The van der Waals surface area contributed by atoms with Crippen molar-refractivity contribution in [1.82, 2.24) is 14.7 Å². The number of amides is 4. The molecular weight excluding hydrogens is 411 g/mol. The van der Waals surface area contributed by atoms with E-state index in [9.17, 15) is 18.8 Å². The molecule has 168 valence electrons. The Morgan fingerprint density at radius 3 is 2.34 bits per heavy atom. The van der Waals surface area contributed by atoms with Crippen LogP contribution in [0.15, 0.2) is 48.5 Å². The number of hydrogen-bond acceptors (Lipinski definition) is 3. The Hall–Kier alpha value is -3.42. The maximum atomic E-state index is 13.1. The lowest BCUT2D eigenvalue weighted by molar-refractivity contribution is -0.158. The Kier molecular flexibility index (Phi) is 6.39. The number of piperazine rings is 1. The third-order valence-electron chi connectivity index (χ3n) is 6.21. The van der Waals surface area contributed by atoms with Crippen molar-refractivity contribution in [2.75, 3.05) is 31.5 Å². The number of piperidine rings is 1. The summed E-state index contributed by atoms with van der Waals surface area (Å²) in [4.78, 5) is 42.9. The van der Waals surface area contributed by atoms with E-state index in [1.54, 1.807) is 21.9 Å². The molecule has 1 N–H and O–H groups in total. The number of urea groups is 1. The lowest BCUT2D eigenvalue weighted by atomic mass is 10.0. The number of rotatable bonds is 4. The van der Waals surface area contributed by atoms with Crippen molar-refractivity contribution in [2.24, 2.45) is 0 Å². The van der Waals surface area contributed by atoms with Gasteiger partial charge in [0.2, 0.25) is 0 Å². The maximum Gasteiger partial charge on any atom is 0.321 e. The van der Waals surface area contributed by atoms with E-state index in [2.05, 4.69) is 5.32 Å². The van der Waals surface area contributed by atoms with Crippen molar-refractivity contribution in [3.63, 3.8) is 0 Å². The highest BCUT2D eigenvalue weighted by Crippen LogP contribution is 2.22. The van der Waals surface area contributed by atoms with E-state index in [0.29, 0.717) is 39.0 Å². The standard InChI is InChI=1S/C24H27FN4O3/c1-17-4-2-3-5-21(17)26-24(32)27-12-10-20(11-13-27)29-15-14-28(22(30)23(29)31)16-18-6-8-19(25)9-7-18/h2-9,20H,10-16H2,1H3,(H,26,32). The predicted molar refractivity (Wildman–Crippen MR) is 118 cm³/mol. The first-order chi connectivity index (χ1) is 15.4. The lowest BCUT2D eigenvalue weighted by Gasteiger charge is -2.42. The first-order valence-electron chi connectivity index (χ1n) is 10.9. The Bertz CT molecular complexity index is 1000. The van der Waals surface area contributed by atoms with Crippen LogP contribution < -0.4 is 5.32 Å². The smallest absolute Gasteiger partial charge is 0.321 e. The molecule has 0 saturated carbocycles. The van der Waals surface area contributed by atoms with Gasteiger partial charge in [0.1, 0.15) is 5.82 Å². The van der Waals surface area contributed by atoms with Crippen LogP contribution in [0.25, 0.3) is 0 Å². The normalized spacial score (nSPS) is 17.6. The second-order valence-electron chi connectivity index (χ2n) is 8.32. The van der Waals surface area contributed by atoms with Crippen molar-refractivity contribution < 1.29 is 18.8 Å². The molecule has 0 atom stereocenters. The average Bonchev–Trinajstić information content (AvgIpc) is 2.80. The molecule has 2 aliphatic rings. The minimum atomic E-state index is -0.527. The lowest BCUT2D eigenvalue weighted by Crippen LogP contribution is -2.59.